The van der Waals surface area contributed by atoms with Crippen LogP contribution in [0.4, 0.5) is 4.39 Å². The van der Waals surface area contributed by atoms with Gasteiger partial charge in [-0.15, -0.1) is 0 Å². The minimum atomic E-state index is -0.560. The fourth-order valence-electron chi connectivity index (χ4n) is 3.23. The molecule has 1 aliphatic carbocycles. The Bertz CT molecular complexity index is 756. The van der Waals surface area contributed by atoms with Gasteiger partial charge in [-0.3, -0.25) is 4.79 Å². The van der Waals surface area contributed by atoms with Gasteiger partial charge >= 0.3 is 0 Å². The number of aliphatic hydroxyl groups is 1. The van der Waals surface area contributed by atoms with Crippen molar-refractivity contribution < 1.29 is 14.3 Å². The summed E-state index contributed by atoms with van der Waals surface area (Å²) in [4.78, 5) is 12.5. The normalized spacial score (nSPS) is 21.1. The van der Waals surface area contributed by atoms with Crippen LogP contribution in [0.5, 0.6) is 0 Å². The van der Waals surface area contributed by atoms with Crippen molar-refractivity contribution in [1.82, 2.24) is 5.32 Å². The molecule has 0 radical (unpaired) electrons. The van der Waals surface area contributed by atoms with E-state index in [9.17, 15) is 14.3 Å². The highest BCUT2D eigenvalue weighted by Gasteiger charge is 2.26. The number of carbonyl (C=O) groups excluding carboxylic acids is 1. The zero-order valence-corrected chi connectivity index (χ0v) is 12.9. The molecule has 0 heterocycles. The summed E-state index contributed by atoms with van der Waals surface area (Å²) in [5.74, 6) is -1.02. The van der Waals surface area contributed by atoms with Crippen molar-refractivity contribution in [2.24, 2.45) is 0 Å². The molecule has 0 spiro atoms. The van der Waals surface area contributed by atoms with Crippen LogP contribution in [-0.2, 0) is 0 Å². The second-order valence-corrected chi connectivity index (χ2v) is 6.01. The summed E-state index contributed by atoms with van der Waals surface area (Å²) in [5.41, 5.74) is 0.715. The van der Waals surface area contributed by atoms with E-state index in [2.05, 4.69) is 11.9 Å². The Kier molecular flexibility index (Phi) is 4.44. The lowest BCUT2D eigenvalue weighted by molar-refractivity contribution is 0.0714. The zero-order valence-electron chi connectivity index (χ0n) is 12.9. The largest absolute Gasteiger partial charge is 0.391 e. The first-order valence-corrected chi connectivity index (χ1v) is 7.94. The van der Waals surface area contributed by atoms with Crippen molar-refractivity contribution in [2.45, 2.75) is 37.8 Å². The lowest BCUT2D eigenvalue weighted by Gasteiger charge is -2.28. The summed E-state index contributed by atoms with van der Waals surface area (Å²) in [6.07, 6.45) is 4.36. The van der Waals surface area contributed by atoms with Gasteiger partial charge in [0.25, 0.3) is 5.91 Å². The van der Waals surface area contributed by atoms with E-state index in [0.717, 1.165) is 30.2 Å². The average molecular weight is 313 g/mol. The quantitative estimate of drug-likeness (QED) is 0.908. The van der Waals surface area contributed by atoms with Crippen LogP contribution in [-0.4, -0.2) is 23.2 Å². The molecular formula is C19H20FNO2. The predicted octanol–water partition coefficient (Wildman–Crippen LogP) is 3.66. The molecule has 2 aromatic carbocycles. The van der Waals surface area contributed by atoms with Crippen LogP contribution in [0, 0.1) is 5.82 Å². The van der Waals surface area contributed by atoms with Crippen LogP contribution in [0.2, 0.25) is 0 Å². The SMILES string of the molecule is C=Cc1cc(C(=O)N[C@H]2CCCC[C@@H]2O)c(F)c2ccccc12. The van der Waals surface area contributed by atoms with Crippen LogP contribution in [0.25, 0.3) is 16.8 Å². The van der Waals surface area contributed by atoms with Crippen molar-refractivity contribution in [1.29, 1.82) is 0 Å². The molecule has 3 rings (SSSR count). The maximum absolute atomic E-state index is 14.7. The third kappa shape index (κ3) is 2.99. The summed E-state index contributed by atoms with van der Waals surface area (Å²) in [5, 5.41) is 13.9. The van der Waals surface area contributed by atoms with Gasteiger partial charge < -0.3 is 10.4 Å². The molecule has 0 aliphatic heterocycles. The molecule has 1 amide bonds. The number of halogens is 1. The van der Waals surface area contributed by atoms with Crippen molar-refractivity contribution in [3.05, 3.63) is 53.9 Å². The summed E-state index contributed by atoms with van der Waals surface area (Å²) >= 11 is 0. The van der Waals surface area contributed by atoms with Gasteiger partial charge in [0.1, 0.15) is 5.82 Å². The second kappa shape index (κ2) is 6.50. The Labute approximate surface area is 134 Å². The lowest BCUT2D eigenvalue weighted by atomic mass is 9.92. The van der Waals surface area contributed by atoms with Crippen LogP contribution in [0.1, 0.15) is 41.6 Å². The van der Waals surface area contributed by atoms with Gasteiger partial charge in [0, 0.05) is 5.39 Å². The van der Waals surface area contributed by atoms with Crippen molar-refractivity contribution >= 4 is 22.8 Å². The molecule has 23 heavy (non-hydrogen) atoms. The van der Waals surface area contributed by atoms with E-state index >= 15 is 0 Å². The summed E-state index contributed by atoms with van der Waals surface area (Å²) < 4.78 is 14.7. The maximum Gasteiger partial charge on any atom is 0.254 e. The Morgan fingerprint density at radius 3 is 2.65 bits per heavy atom. The first-order chi connectivity index (χ1) is 11.1. The Balaban J connectivity index is 1.97. The van der Waals surface area contributed by atoms with Gasteiger partial charge in [0.15, 0.2) is 0 Å². The molecule has 120 valence electrons. The molecule has 0 bridgehead atoms. The van der Waals surface area contributed by atoms with Crippen molar-refractivity contribution in [3.8, 4) is 0 Å². The standard InChI is InChI=1S/C19H20FNO2/c1-2-12-11-15(18(20)14-8-4-3-7-13(12)14)19(23)21-16-9-5-6-10-17(16)22/h2-4,7-8,11,16-17,22H,1,5-6,9-10H2,(H,21,23)/t16-,17-/m0/s1. The highest BCUT2D eigenvalue weighted by molar-refractivity contribution is 6.02. The number of hydrogen-bond acceptors (Lipinski definition) is 2. The molecule has 2 aromatic rings. The third-order valence-electron chi connectivity index (χ3n) is 4.52. The molecule has 2 N–H and O–H groups in total. The predicted molar refractivity (Wildman–Crippen MR) is 89.7 cm³/mol. The fourth-order valence-corrected chi connectivity index (χ4v) is 3.23. The number of amides is 1. The first-order valence-electron chi connectivity index (χ1n) is 7.94. The van der Waals surface area contributed by atoms with Crippen LogP contribution in [0.3, 0.4) is 0 Å². The van der Waals surface area contributed by atoms with Crippen LogP contribution >= 0.6 is 0 Å². The lowest BCUT2D eigenvalue weighted by Crippen LogP contribution is -2.45. The third-order valence-corrected chi connectivity index (χ3v) is 4.52. The van der Waals surface area contributed by atoms with E-state index in [0.29, 0.717) is 11.8 Å². The Morgan fingerprint density at radius 1 is 1.26 bits per heavy atom. The monoisotopic (exact) mass is 313 g/mol. The topological polar surface area (TPSA) is 49.3 Å². The molecule has 1 saturated carbocycles. The van der Waals surface area contributed by atoms with E-state index in [4.69, 9.17) is 0 Å². The minimum Gasteiger partial charge on any atom is -0.391 e. The summed E-state index contributed by atoms with van der Waals surface area (Å²) in [6.45, 7) is 3.74. The Morgan fingerprint density at radius 2 is 1.96 bits per heavy atom. The molecule has 2 atom stereocenters. The number of aliphatic hydroxyl groups excluding tert-OH is 1. The molecule has 1 aliphatic rings. The van der Waals surface area contributed by atoms with Crippen molar-refractivity contribution in [2.75, 3.05) is 0 Å². The van der Waals surface area contributed by atoms with Crippen LogP contribution in [0.15, 0.2) is 36.9 Å². The highest BCUT2D eigenvalue weighted by Crippen LogP contribution is 2.26. The van der Waals surface area contributed by atoms with Gasteiger partial charge in [-0.25, -0.2) is 4.39 Å². The van der Waals surface area contributed by atoms with Gasteiger partial charge in [-0.1, -0.05) is 49.8 Å². The number of hydrogen-bond donors (Lipinski definition) is 2. The van der Waals surface area contributed by atoms with Crippen molar-refractivity contribution in [3.63, 3.8) is 0 Å². The summed E-state index contributed by atoms with van der Waals surface area (Å²) in [7, 11) is 0. The molecule has 1 fully saturated rings. The molecule has 0 saturated heterocycles. The zero-order chi connectivity index (χ0) is 16.4. The number of nitrogens with one attached hydrogen (secondary N) is 1. The minimum absolute atomic E-state index is 0.00336. The first kappa shape index (κ1) is 15.7. The van der Waals surface area contributed by atoms with Gasteiger partial charge in [-0.05, 0) is 29.9 Å². The molecular weight excluding hydrogens is 293 g/mol. The average Bonchev–Trinajstić information content (AvgIpc) is 2.57. The smallest absolute Gasteiger partial charge is 0.254 e. The number of benzene rings is 2. The van der Waals surface area contributed by atoms with Gasteiger partial charge in [-0.2, -0.15) is 0 Å². The fraction of sp³-hybridized carbons (Fsp3) is 0.316. The summed E-state index contributed by atoms with van der Waals surface area (Å²) in [6, 6.07) is 8.24. The van der Waals surface area contributed by atoms with E-state index < -0.39 is 17.8 Å². The molecule has 3 nitrogen and oxygen atoms in total. The second-order valence-electron chi connectivity index (χ2n) is 6.01. The maximum atomic E-state index is 14.7. The molecule has 0 unspecified atom stereocenters. The van der Waals surface area contributed by atoms with E-state index in [-0.39, 0.29) is 11.6 Å². The molecule has 0 aromatic heterocycles. The number of fused-ring (bicyclic) bond motifs is 1. The van der Waals surface area contributed by atoms with E-state index in [1.807, 2.05) is 12.1 Å². The number of rotatable bonds is 3. The van der Waals surface area contributed by atoms with Gasteiger partial charge in [0.05, 0.1) is 17.7 Å². The highest BCUT2D eigenvalue weighted by atomic mass is 19.1. The number of carbonyl (C=O) groups is 1. The molecule has 4 heteroatoms. The van der Waals surface area contributed by atoms with Crippen LogP contribution < -0.4 is 5.32 Å². The van der Waals surface area contributed by atoms with E-state index in [1.165, 1.54) is 6.07 Å². The van der Waals surface area contributed by atoms with Gasteiger partial charge in [0.2, 0.25) is 0 Å². The Hall–Kier alpha value is -2.20. The van der Waals surface area contributed by atoms with E-state index in [1.54, 1.807) is 18.2 Å².